The molecule has 1 aromatic carbocycles. The Kier molecular flexibility index (Phi) is 28.7. The molecule has 3 saturated heterocycles. The Hall–Kier alpha value is -4.08. The van der Waals surface area contributed by atoms with Crippen molar-refractivity contribution in [2.75, 3.05) is 92.9 Å². The number of carbonyl (C=O) groups is 1. The summed E-state index contributed by atoms with van der Waals surface area (Å²) < 4.78 is 67.2. The number of hydrogen-bond donors (Lipinski definition) is 6. The van der Waals surface area contributed by atoms with E-state index >= 15 is 0 Å². The summed E-state index contributed by atoms with van der Waals surface area (Å²) in [4.78, 5) is 31.3. The molecule has 19 heteroatoms. The molecule has 6 N–H and O–H groups in total. The van der Waals surface area contributed by atoms with Crippen LogP contribution >= 0.6 is 0 Å². The number of aliphatic imine (C=N–C) groups is 1. The number of carbonyl (C=O) groups excluding carboxylic acids is 1. The van der Waals surface area contributed by atoms with Crippen molar-refractivity contribution in [2.45, 2.75) is 232 Å². The van der Waals surface area contributed by atoms with Gasteiger partial charge in [0.15, 0.2) is 0 Å². The number of benzene rings is 1. The summed E-state index contributed by atoms with van der Waals surface area (Å²) in [5.41, 5.74) is 2.21. The smallest absolute Gasteiger partial charge is 0.378 e. The molecule has 0 aromatic heterocycles. The zero-order chi connectivity index (χ0) is 64.3. The number of ether oxygens (including phenoxy) is 2. The molecule has 0 radical (unpaired) electrons. The van der Waals surface area contributed by atoms with E-state index in [4.69, 9.17) is 14.5 Å². The molecule has 504 valence electrons. The Morgan fingerprint density at radius 3 is 2.31 bits per heavy atom. The second kappa shape index (κ2) is 35.3. The molecular weight excluding hydrogens is 1130 g/mol. The summed E-state index contributed by atoms with van der Waals surface area (Å²) in [5.74, 6) is 0.394. The van der Waals surface area contributed by atoms with E-state index in [1.165, 1.54) is 50.3 Å². The third-order valence-electron chi connectivity index (χ3n) is 20.6. The van der Waals surface area contributed by atoms with E-state index in [9.17, 15) is 22.4 Å². The van der Waals surface area contributed by atoms with E-state index in [1.807, 2.05) is 30.4 Å². The monoisotopic (exact) mass is 1250 g/mol. The van der Waals surface area contributed by atoms with Crippen LogP contribution in [0.4, 0.5) is 17.6 Å². The molecule has 5 fully saturated rings. The summed E-state index contributed by atoms with van der Waals surface area (Å²) in [6.45, 7) is 31.5. The van der Waals surface area contributed by atoms with Gasteiger partial charge in [0.25, 0.3) is 0 Å². The highest BCUT2D eigenvalue weighted by atomic mass is 19.4. The van der Waals surface area contributed by atoms with Gasteiger partial charge in [-0.15, -0.1) is 0 Å². The topological polar surface area (TPSA) is 136 Å². The molecule has 2 aliphatic carbocycles. The van der Waals surface area contributed by atoms with Gasteiger partial charge in [0.2, 0.25) is 5.91 Å². The Bertz CT molecular complexity index is 2460. The number of nitrogens with one attached hydrogen (secondary N) is 6. The minimum atomic E-state index is -4.77. The van der Waals surface area contributed by atoms with Crippen molar-refractivity contribution in [1.82, 2.24) is 56.4 Å². The van der Waals surface area contributed by atoms with E-state index in [-0.39, 0.29) is 71.7 Å². The van der Waals surface area contributed by atoms with Crippen LogP contribution < -0.4 is 31.9 Å². The number of hydrogen-bond acceptors (Lipinski definition) is 14. The third kappa shape index (κ3) is 20.7. The van der Waals surface area contributed by atoms with Crippen LogP contribution in [0.3, 0.4) is 0 Å². The lowest BCUT2D eigenvalue weighted by Crippen LogP contribution is -2.76. The Labute approximate surface area is 534 Å². The maximum Gasteiger partial charge on any atom is 0.419 e. The fraction of sp³-hybridized carbons (Fsp3) is 0.771. The van der Waals surface area contributed by atoms with Crippen molar-refractivity contribution in [2.24, 2.45) is 28.7 Å². The first-order valence-corrected chi connectivity index (χ1v) is 34.7. The van der Waals surface area contributed by atoms with E-state index in [1.54, 1.807) is 6.21 Å². The second-order valence-electron chi connectivity index (χ2n) is 27.8. The standard InChI is InChI=1S/C70H118F4N12O3/c1-13-38-89-47-60-45-82(11)35-33-77-58(25-23-56-24-26-61(62(71)42-56)70(72,73)74)27-30-75-31-32-76-48-69(28-17-18-29-69)81-53(8)67(57-20-15-16-21-57)86-55(10)66(68(87)84-36-39-88-40-37-84)65(86)44-78-52(7)63(41-49(3)4)79-43-64(50(5)14-2)80-51(6)54(9)85-34-19-22-59(85)46-83(60)12/h24,26-27,30,33,35,42,45-46,49-55,57,63-67,76-81H,13-23,25,28-29,31-32,34,36-41,43-44,47-48H2,1-12H3/t50-,51?,52?,53?,54-,55?,63-,64+,65?,66-,67+/m0/s1. The number of halogens is 4. The lowest BCUT2D eigenvalue weighted by atomic mass is 9.74. The molecule has 1 aromatic rings. The third-order valence-corrected chi connectivity index (χ3v) is 20.6. The van der Waals surface area contributed by atoms with Gasteiger partial charge in [0.05, 0.1) is 43.5 Å². The van der Waals surface area contributed by atoms with Crippen LogP contribution in [-0.2, 0) is 26.9 Å². The van der Waals surface area contributed by atoms with E-state index in [0.717, 1.165) is 94.7 Å². The number of allylic oxidation sites excluding steroid dienone is 3. The molecule has 15 nitrogen and oxygen atoms in total. The largest absolute Gasteiger partial charge is 0.419 e. The normalized spacial score (nSPS) is 29.9. The molecule has 2 saturated carbocycles. The number of amides is 1. The van der Waals surface area contributed by atoms with E-state index in [2.05, 4.69) is 140 Å². The molecule has 5 unspecified atom stereocenters. The first-order chi connectivity index (χ1) is 42.6. The number of likely N-dealkylation sites (N-methyl/N-ethyl adjacent to an activating group) is 1. The lowest BCUT2D eigenvalue weighted by Gasteiger charge is -2.60. The fourth-order valence-electron chi connectivity index (χ4n) is 15.2. The highest BCUT2D eigenvalue weighted by Crippen LogP contribution is 2.44. The van der Waals surface area contributed by atoms with Gasteiger partial charge in [-0.3, -0.25) is 14.7 Å². The van der Waals surface area contributed by atoms with Crippen LogP contribution in [0.15, 0.2) is 71.2 Å². The SMILES string of the molecule is CCCOCC1=CN(C)C=CNC(CCc2ccc(C(F)(F)F)c(F)c2)=CC=NCCNCC2(CCCC2)NC(C)[C@H](C2CCCC2)N2C(C)[C@H](C(=O)N3CCOCC3)C2CNC(C)[C@H](CC(C)C)NC[C@H]([C@@H](C)CC)NC(C)[C@H](C)N2CCCC2=CN1C. The minimum absolute atomic E-state index is 0.0591. The molecule has 1 amide bonds. The van der Waals surface area contributed by atoms with Crippen molar-refractivity contribution < 1.29 is 31.8 Å². The molecular formula is C70H118F4N12O3. The zero-order valence-electron chi connectivity index (χ0n) is 56.7. The first-order valence-electron chi connectivity index (χ1n) is 34.7. The Morgan fingerprint density at radius 2 is 1.63 bits per heavy atom. The quantitative estimate of drug-likeness (QED) is 0.0827. The number of alkyl halides is 3. The van der Waals surface area contributed by atoms with Crippen LogP contribution in [0.1, 0.15) is 170 Å². The number of fused-ring (bicyclic) bond motifs is 2. The molecule has 7 rings (SSSR count). The van der Waals surface area contributed by atoms with E-state index in [0.29, 0.717) is 88.8 Å². The lowest BCUT2D eigenvalue weighted by molar-refractivity contribution is -0.165. The van der Waals surface area contributed by atoms with Crippen LogP contribution in [0.5, 0.6) is 0 Å². The average molecular weight is 1250 g/mol. The summed E-state index contributed by atoms with van der Waals surface area (Å²) in [7, 11) is 4.08. The van der Waals surface area contributed by atoms with E-state index < -0.39 is 17.6 Å². The average Bonchev–Trinajstić information content (AvgIpc) is 1.02. The molecule has 6 aliphatic rings. The highest BCUT2D eigenvalue weighted by molar-refractivity contribution is 5.81. The van der Waals surface area contributed by atoms with Crippen molar-refractivity contribution in [3.05, 3.63) is 83.1 Å². The first kappa shape index (κ1) is 72.3. The van der Waals surface area contributed by atoms with Crippen molar-refractivity contribution in [3.8, 4) is 0 Å². The van der Waals surface area contributed by atoms with Gasteiger partial charge in [-0.2, -0.15) is 13.2 Å². The minimum Gasteiger partial charge on any atom is -0.378 e. The second-order valence-corrected chi connectivity index (χ2v) is 27.8. The number of morpholine rings is 1. The van der Waals surface area contributed by atoms with Gasteiger partial charge in [0, 0.05) is 169 Å². The van der Waals surface area contributed by atoms with Gasteiger partial charge < -0.3 is 61.0 Å². The van der Waals surface area contributed by atoms with Crippen LogP contribution in [0, 0.1) is 29.5 Å². The fourth-order valence-corrected chi connectivity index (χ4v) is 15.2. The van der Waals surface area contributed by atoms with Gasteiger partial charge >= 0.3 is 6.18 Å². The number of nitrogens with zero attached hydrogens (tertiary/aromatic N) is 6. The van der Waals surface area contributed by atoms with Crippen molar-refractivity contribution >= 4 is 12.1 Å². The highest BCUT2D eigenvalue weighted by Gasteiger charge is 2.56. The molecule has 4 aliphatic heterocycles. The van der Waals surface area contributed by atoms with Gasteiger partial charge in [-0.25, -0.2) is 4.39 Å². The van der Waals surface area contributed by atoms with Crippen molar-refractivity contribution in [1.29, 1.82) is 0 Å². The van der Waals surface area contributed by atoms with Crippen LogP contribution in [0.2, 0.25) is 0 Å². The molecule has 4 heterocycles. The molecule has 89 heavy (non-hydrogen) atoms. The predicted octanol–water partition coefficient (Wildman–Crippen LogP) is 10.6. The van der Waals surface area contributed by atoms with Crippen LogP contribution in [0.25, 0.3) is 0 Å². The maximum atomic E-state index is 14.9. The summed E-state index contributed by atoms with van der Waals surface area (Å²) >= 11 is 0. The van der Waals surface area contributed by atoms with Gasteiger partial charge in [-0.1, -0.05) is 72.8 Å². The Morgan fingerprint density at radius 1 is 0.888 bits per heavy atom. The molecule has 0 bridgehead atoms. The number of aryl methyl sites for hydroxylation is 1. The predicted molar refractivity (Wildman–Crippen MR) is 355 cm³/mol. The zero-order valence-corrected chi connectivity index (χ0v) is 56.7. The van der Waals surface area contributed by atoms with Crippen LogP contribution in [-0.4, -0.2) is 189 Å². The summed E-state index contributed by atoms with van der Waals surface area (Å²) in [6, 6.07) is 4.91. The molecule has 1 spiro atoms. The molecule has 11 atom stereocenters. The Balaban J connectivity index is 1.19. The maximum absolute atomic E-state index is 14.9. The summed E-state index contributed by atoms with van der Waals surface area (Å²) in [5, 5.41) is 24.1. The summed E-state index contributed by atoms with van der Waals surface area (Å²) in [6.07, 6.45) is 22.3. The van der Waals surface area contributed by atoms with Gasteiger partial charge in [0.1, 0.15) is 5.82 Å². The van der Waals surface area contributed by atoms with Crippen molar-refractivity contribution in [3.63, 3.8) is 0 Å². The van der Waals surface area contributed by atoms with Gasteiger partial charge in [-0.05, 0) is 140 Å². The number of rotatable bonds is 13.